The molecule has 0 bridgehead atoms. The summed E-state index contributed by atoms with van der Waals surface area (Å²) in [4.78, 5) is 0. The van der Waals surface area contributed by atoms with Crippen LogP contribution in [0.3, 0.4) is 0 Å². The minimum absolute atomic E-state index is 0.593. The van der Waals surface area contributed by atoms with E-state index in [-0.39, 0.29) is 0 Å². The second kappa shape index (κ2) is 5.50. The Labute approximate surface area is 130 Å². The lowest BCUT2D eigenvalue weighted by Gasteiger charge is -2.70. The molecule has 0 aliphatic heterocycles. The van der Waals surface area contributed by atoms with Gasteiger partial charge in [0.25, 0.3) is 0 Å². The summed E-state index contributed by atoms with van der Waals surface area (Å²) in [5.41, 5.74) is 0. The third-order valence-electron chi connectivity index (χ3n) is 7.04. The van der Waals surface area contributed by atoms with Crippen molar-refractivity contribution in [3.8, 4) is 0 Å². The molecular formula is C18H33NS. The van der Waals surface area contributed by atoms with Crippen molar-refractivity contribution in [2.75, 3.05) is 19.3 Å². The summed E-state index contributed by atoms with van der Waals surface area (Å²) in [6, 6.07) is 0. The molecule has 0 saturated heterocycles. The standard InChI is InChI=1S/C18H33NS/c1-6-12-15(10-19-5)16-11(3)8-13(16)14-9-18(4,17(12)14)20-7-2/h11-17,19H,6-10H2,1-5H3/t11?,12?,13?,14?,15?,16?,17?,18-/m1/s1. The summed E-state index contributed by atoms with van der Waals surface area (Å²) >= 11 is 2.25. The minimum atomic E-state index is 0.593. The molecule has 3 fully saturated rings. The van der Waals surface area contributed by atoms with Gasteiger partial charge in [0.2, 0.25) is 0 Å². The number of hydrogen-bond acceptors (Lipinski definition) is 2. The van der Waals surface area contributed by atoms with Gasteiger partial charge >= 0.3 is 0 Å². The van der Waals surface area contributed by atoms with Crippen LogP contribution in [0.15, 0.2) is 0 Å². The molecule has 20 heavy (non-hydrogen) atoms. The third kappa shape index (κ3) is 2.00. The molecule has 0 amide bonds. The Bertz CT molecular complexity index is 357. The highest BCUT2D eigenvalue weighted by atomic mass is 32.2. The second-order valence-electron chi connectivity index (χ2n) is 7.89. The Morgan fingerprint density at radius 2 is 1.95 bits per heavy atom. The molecule has 0 aromatic rings. The first-order valence-electron chi connectivity index (χ1n) is 8.85. The summed E-state index contributed by atoms with van der Waals surface area (Å²) in [6.07, 6.45) is 4.42. The summed E-state index contributed by atoms with van der Waals surface area (Å²) in [6.45, 7) is 11.1. The predicted octanol–water partition coefficient (Wildman–Crippen LogP) is 4.28. The largest absolute Gasteiger partial charge is 0.319 e. The van der Waals surface area contributed by atoms with Crippen LogP contribution in [0.25, 0.3) is 0 Å². The number of hydrogen-bond donors (Lipinski definition) is 1. The van der Waals surface area contributed by atoms with Crippen LogP contribution in [0.2, 0.25) is 0 Å². The van der Waals surface area contributed by atoms with E-state index < -0.39 is 0 Å². The zero-order valence-electron chi connectivity index (χ0n) is 14.0. The van der Waals surface area contributed by atoms with Gasteiger partial charge in [-0.05, 0) is 73.6 Å². The van der Waals surface area contributed by atoms with Crippen molar-refractivity contribution < 1.29 is 0 Å². The van der Waals surface area contributed by atoms with Crippen molar-refractivity contribution in [2.24, 2.45) is 41.4 Å². The van der Waals surface area contributed by atoms with E-state index in [9.17, 15) is 0 Å². The molecule has 0 aromatic heterocycles. The van der Waals surface area contributed by atoms with Crippen LogP contribution in [0.4, 0.5) is 0 Å². The highest BCUT2D eigenvalue weighted by molar-refractivity contribution is 8.00. The molecule has 0 radical (unpaired) electrons. The molecule has 1 nitrogen and oxygen atoms in total. The number of rotatable bonds is 5. The van der Waals surface area contributed by atoms with Crippen molar-refractivity contribution in [1.29, 1.82) is 0 Å². The lowest BCUT2D eigenvalue weighted by atomic mass is 9.39. The van der Waals surface area contributed by atoms with E-state index in [0.29, 0.717) is 4.75 Å². The quantitative estimate of drug-likeness (QED) is 0.812. The van der Waals surface area contributed by atoms with E-state index in [1.807, 2.05) is 0 Å². The molecule has 0 spiro atoms. The maximum Gasteiger partial charge on any atom is 0.0168 e. The topological polar surface area (TPSA) is 12.0 Å². The zero-order chi connectivity index (χ0) is 14.5. The molecule has 116 valence electrons. The molecular weight excluding hydrogens is 262 g/mol. The molecule has 3 saturated carbocycles. The van der Waals surface area contributed by atoms with Gasteiger partial charge in [-0.15, -0.1) is 0 Å². The van der Waals surface area contributed by atoms with E-state index >= 15 is 0 Å². The molecule has 7 unspecified atom stereocenters. The average molecular weight is 296 g/mol. The summed E-state index contributed by atoms with van der Waals surface area (Å²) in [5, 5.41) is 3.52. The van der Waals surface area contributed by atoms with Gasteiger partial charge < -0.3 is 5.32 Å². The highest BCUT2D eigenvalue weighted by Crippen LogP contribution is 2.69. The molecule has 1 N–H and O–H groups in total. The predicted molar refractivity (Wildman–Crippen MR) is 90.1 cm³/mol. The number of nitrogens with one attached hydrogen (secondary N) is 1. The fourth-order valence-electron chi connectivity index (χ4n) is 6.50. The molecule has 0 heterocycles. The van der Waals surface area contributed by atoms with Gasteiger partial charge in [0.1, 0.15) is 0 Å². The van der Waals surface area contributed by atoms with Crippen LogP contribution >= 0.6 is 11.8 Å². The van der Waals surface area contributed by atoms with E-state index in [2.05, 4.69) is 51.8 Å². The second-order valence-corrected chi connectivity index (χ2v) is 9.69. The summed E-state index contributed by atoms with van der Waals surface area (Å²) in [5.74, 6) is 8.36. The van der Waals surface area contributed by atoms with Gasteiger partial charge in [0.05, 0.1) is 0 Å². The fraction of sp³-hybridized carbons (Fsp3) is 1.00. The maximum absolute atomic E-state index is 3.52. The molecule has 8 atom stereocenters. The van der Waals surface area contributed by atoms with Gasteiger partial charge in [-0.3, -0.25) is 0 Å². The van der Waals surface area contributed by atoms with E-state index in [1.165, 1.54) is 31.6 Å². The fourth-order valence-corrected chi connectivity index (χ4v) is 8.01. The van der Waals surface area contributed by atoms with Crippen LogP contribution in [0.5, 0.6) is 0 Å². The summed E-state index contributed by atoms with van der Waals surface area (Å²) in [7, 11) is 2.15. The lowest BCUT2D eigenvalue weighted by molar-refractivity contribution is -0.167. The average Bonchev–Trinajstić information content (AvgIpc) is 2.39. The van der Waals surface area contributed by atoms with Crippen molar-refractivity contribution in [3.63, 3.8) is 0 Å². The van der Waals surface area contributed by atoms with Crippen LogP contribution in [0, 0.1) is 41.4 Å². The minimum Gasteiger partial charge on any atom is -0.319 e. The first kappa shape index (κ1) is 15.2. The third-order valence-corrected chi connectivity index (χ3v) is 8.43. The Morgan fingerprint density at radius 1 is 1.20 bits per heavy atom. The Kier molecular flexibility index (Phi) is 4.18. The van der Waals surface area contributed by atoms with Crippen molar-refractivity contribution in [1.82, 2.24) is 5.32 Å². The lowest BCUT2D eigenvalue weighted by Crippen LogP contribution is -2.67. The van der Waals surface area contributed by atoms with Gasteiger partial charge in [0.15, 0.2) is 0 Å². The van der Waals surface area contributed by atoms with E-state index in [0.717, 1.165) is 41.4 Å². The monoisotopic (exact) mass is 295 g/mol. The highest BCUT2D eigenvalue weighted by Gasteiger charge is 2.65. The van der Waals surface area contributed by atoms with Gasteiger partial charge in [-0.2, -0.15) is 11.8 Å². The first-order valence-corrected chi connectivity index (χ1v) is 9.84. The van der Waals surface area contributed by atoms with Crippen molar-refractivity contribution >= 4 is 11.8 Å². The SMILES string of the molecule is CCS[C@]1(C)CC2C3CC(C)C3C(CNC)C(CC)C21. The van der Waals surface area contributed by atoms with Crippen LogP contribution in [-0.4, -0.2) is 24.1 Å². The molecule has 3 aliphatic carbocycles. The van der Waals surface area contributed by atoms with Gasteiger partial charge in [-0.25, -0.2) is 0 Å². The van der Waals surface area contributed by atoms with E-state index in [1.54, 1.807) is 0 Å². The van der Waals surface area contributed by atoms with Crippen LogP contribution in [-0.2, 0) is 0 Å². The van der Waals surface area contributed by atoms with Crippen molar-refractivity contribution in [2.45, 2.75) is 51.7 Å². The van der Waals surface area contributed by atoms with Gasteiger partial charge in [-0.1, -0.05) is 34.1 Å². The Hall–Kier alpha value is 0.310. The molecule has 3 rings (SSSR count). The summed E-state index contributed by atoms with van der Waals surface area (Å²) < 4.78 is 0.593. The molecule has 3 aliphatic rings. The zero-order valence-corrected chi connectivity index (χ0v) is 14.8. The normalized spacial score (nSPS) is 53.5. The van der Waals surface area contributed by atoms with E-state index in [4.69, 9.17) is 0 Å². The van der Waals surface area contributed by atoms with Crippen molar-refractivity contribution in [3.05, 3.63) is 0 Å². The first-order chi connectivity index (χ1) is 9.57. The van der Waals surface area contributed by atoms with Crippen LogP contribution < -0.4 is 5.32 Å². The molecule has 0 aromatic carbocycles. The van der Waals surface area contributed by atoms with Gasteiger partial charge in [0, 0.05) is 4.75 Å². The number of thioether (sulfide) groups is 1. The van der Waals surface area contributed by atoms with Crippen LogP contribution in [0.1, 0.15) is 47.0 Å². The molecule has 2 heteroatoms. The smallest absolute Gasteiger partial charge is 0.0168 e. The Morgan fingerprint density at radius 3 is 2.50 bits per heavy atom. The Balaban J connectivity index is 1.85. The maximum atomic E-state index is 3.52. The number of fused-ring (bicyclic) bond motifs is 3.